The van der Waals surface area contributed by atoms with Crippen molar-refractivity contribution in [2.24, 2.45) is 23.7 Å². The molecule has 39 heavy (non-hydrogen) atoms. The van der Waals surface area contributed by atoms with E-state index in [1.54, 1.807) is 36.9 Å². The Kier molecular flexibility index (Phi) is 6.56. The van der Waals surface area contributed by atoms with Crippen molar-refractivity contribution in [3.05, 3.63) is 64.8 Å². The lowest BCUT2D eigenvalue weighted by molar-refractivity contribution is -0.612. The Morgan fingerprint density at radius 2 is 1.82 bits per heavy atom. The number of amides is 2. The van der Waals surface area contributed by atoms with Crippen LogP contribution in [0, 0.1) is 48.7 Å². The molecular weight excluding hydrogens is 499 g/mol. The second kappa shape index (κ2) is 10.1. The lowest BCUT2D eigenvalue weighted by atomic mass is 9.88. The van der Waals surface area contributed by atoms with Gasteiger partial charge < -0.3 is 15.8 Å². The summed E-state index contributed by atoms with van der Waals surface area (Å²) in [6.45, 7) is 4.08. The molecule has 3 aromatic rings. The second-order valence-corrected chi connectivity index (χ2v) is 11.4. The number of halogens is 1. The van der Waals surface area contributed by atoms with Crippen molar-refractivity contribution in [1.29, 1.82) is 0 Å². The van der Waals surface area contributed by atoms with Crippen LogP contribution < -0.4 is 15.4 Å². The average molecular weight is 533 g/mol. The number of nitrogens with one attached hydrogen (secondary N) is 2. The number of aryl methyl sites for hydroxylation is 1. The minimum Gasteiger partial charge on any atom is -0.618 e. The molecule has 0 aliphatic heterocycles. The van der Waals surface area contributed by atoms with Crippen LogP contribution >= 0.6 is 0 Å². The molecule has 3 saturated carbocycles. The van der Waals surface area contributed by atoms with Gasteiger partial charge in [0, 0.05) is 30.8 Å². The standard InChI is InChI=1S/C29H33FN6O3/c1-16-13-22(17(2)36(39)14-16)21-9-10-24(32-27(21)30)33-29(38)26(25(19-5-6-19)20-7-8-20)34-28(37)23-11-12-31-35(23)15-18-3-4-18/h9-14,18-20,25-26H,3-8,15H2,1-2H3,(H,34,37)(H,32,33,38)/t26-/m0/s1. The summed E-state index contributed by atoms with van der Waals surface area (Å²) in [5.74, 6) is -0.0934. The molecule has 3 heterocycles. The summed E-state index contributed by atoms with van der Waals surface area (Å²) in [5, 5.41) is 22.2. The number of carbonyl (C=O) groups is 2. The second-order valence-electron chi connectivity index (χ2n) is 11.4. The number of pyridine rings is 2. The fourth-order valence-corrected chi connectivity index (χ4v) is 5.61. The molecule has 204 valence electrons. The van der Waals surface area contributed by atoms with Crippen LogP contribution in [0.15, 0.2) is 36.7 Å². The summed E-state index contributed by atoms with van der Waals surface area (Å²) in [4.78, 5) is 31.0. The Morgan fingerprint density at radius 3 is 2.46 bits per heavy atom. The molecule has 0 radical (unpaired) electrons. The molecule has 9 nitrogen and oxygen atoms in total. The molecular formula is C29H33FN6O3. The molecule has 0 aromatic carbocycles. The zero-order valence-electron chi connectivity index (χ0n) is 22.2. The van der Waals surface area contributed by atoms with Gasteiger partial charge in [0.25, 0.3) is 5.91 Å². The normalized spacial score (nSPS) is 17.7. The first-order chi connectivity index (χ1) is 18.8. The Hall–Kier alpha value is -3.82. The van der Waals surface area contributed by atoms with Gasteiger partial charge in [0.15, 0.2) is 11.9 Å². The van der Waals surface area contributed by atoms with E-state index in [9.17, 15) is 14.8 Å². The third-order valence-corrected chi connectivity index (χ3v) is 8.17. The highest BCUT2D eigenvalue weighted by atomic mass is 19.1. The van der Waals surface area contributed by atoms with Gasteiger partial charge in [0.1, 0.15) is 17.6 Å². The molecule has 10 heteroatoms. The van der Waals surface area contributed by atoms with Gasteiger partial charge in [-0.3, -0.25) is 14.3 Å². The topological polar surface area (TPSA) is 116 Å². The van der Waals surface area contributed by atoms with Crippen LogP contribution in [0.25, 0.3) is 11.1 Å². The van der Waals surface area contributed by atoms with Crippen LogP contribution in [0.1, 0.15) is 60.3 Å². The first-order valence-electron chi connectivity index (χ1n) is 13.8. The SMILES string of the molecule is Cc1cc(-c2ccc(NC(=O)[C@@H](NC(=O)c3ccnn3CC3CC3)C(C3CC3)C3CC3)nc2F)c(C)[n+]([O-])c1. The zero-order valence-corrected chi connectivity index (χ0v) is 22.2. The summed E-state index contributed by atoms with van der Waals surface area (Å²) < 4.78 is 17.6. The number of aromatic nitrogens is 4. The van der Waals surface area contributed by atoms with Crippen LogP contribution in [0.4, 0.5) is 10.2 Å². The summed E-state index contributed by atoms with van der Waals surface area (Å²) in [7, 11) is 0. The predicted octanol–water partition coefficient (Wildman–Crippen LogP) is 3.92. The van der Waals surface area contributed by atoms with Gasteiger partial charge in [-0.15, -0.1) is 0 Å². The Bertz CT molecular complexity index is 1410. The van der Waals surface area contributed by atoms with Gasteiger partial charge in [-0.2, -0.15) is 14.2 Å². The third kappa shape index (κ3) is 5.51. The molecule has 0 bridgehead atoms. The smallest absolute Gasteiger partial charge is 0.270 e. The van der Waals surface area contributed by atoms with Gasteiger partial charge in [0.05, 0.1) is 5.56 Å². The molecule has 3 aliphatic rings. The molecule has 0 saturated heterocycles. The van der Waals surface area contributed by atoms with Gasteiger partial charge in [-0.25, -0.2) is 4.98 Å². The molecule has 1 atom stereocenters. The molecule has 2 N–H and O–H groups in total. The van der Waals surface area contributed by atoms with Crippen molar-refractivity contribution in [2.75, 3.05) is 5.32 Å². The molecule has 6 rings (SSSR count). The van der Waals surface area contributed by atoms with Gasteiger partial charge in [-0.1, -0.05) is 0 Å². The maximum Gasteiger partial charge on any atom is 0.270 e. The van der Waals surface area contributed by atoms with Crippen molar-refractivity contribution in [3.63, 3.8) is 0 Å². The maximum absolute atomic E-state index is 15.2. The fourth-order valence-electron chi connectivity index (χ4n) is 5.61. The summed E-state index contributed by atoms with van der Waals surface area (Å²) in [5.41, 5.74) is 2.14. The van der Waals surface area contributed by atoms with Crippen molar-refractivity contribution in [3.8, 4) is 11.1 Å². The Morgan fingerprint density at radius 1 is 1.10 bits per heavy atom. The van der Waals surface area contributed by atoms with E-state index in [1.807, 2.05) is 0 Å². The van der Waals surface area contributed by atoms with Crippen LogP contribution in [0.3, 0.4) is 0 Å². The van der Waals surface area contributed by atoms with E-state index >= 15 is 4.39 Å². The van der Waals surface area contributed by atoms with Crippen LogP contribution in [-0.4, -0.2) is 32.6 Å². The average Bonchev–Trinajstić information content (AvgIpc) is 3.74. The highest BCUT2D eigenvalue weighted by Crippen LogP contribution is 2.51. The van der Waals surface area contributed by atoms with E-state index in [0.29, 0.717) is 51.5 Å². The molecule has 3 aromatic heterocycles. The summed E-state index contributed by atoms with van der Waals surface area (Å²) in [6, 6.07) is 5.70. The Balaban J connectivity index is 1.23. The third-order valence-electron chi connectivity index (χ3n) is 8.17. The zero-order chi connectivity index (χ0) is 27.3. The monoisotopic (exact) mass is 532 g/mol. The van der Waals surface area contributed by atoms with E-state index < -0.39 is 17.9 Å². The summed E-state index contributed by atoms with van der Waals surface area (Å²) >= 11 is 0. The van der Waals surface area contributed by atoms with Gasteiger partial charge >= 0.3 is 0 Å². The number of carbonyl (C=O) groups excluding carboxylic acids is 2. The lowest BCUT2D eigenvalue weighted by Gasteiger charge is -2.27. The number of rotatable bonds is 10. The highest BCUT2D eigenvalue weighted by Gasteiger charge is 2.48. The maximum atomic E-state index is 15.2. The van der Waals surface area contributed by atoms with E-state index in [4.69, 9.17) is 0 Å². The number of nitrogens with zero attached hydrogens (tertiary/aromatic N) is 4. The van der Waals surface area contributed by atoms with E-state index in [0.717, 1.165) is 38.5 Å². The van der Waals surface area contributed by atoms with Crippen molar-refractivity contribution in [1.82, 2.24) is 20.1 Å². The van der Waals surface area contributed by atoms with E-state index in [1.165, 1.54) is 18.3 Å². The number of hydrogen-bond donors (Lipinski definition) is 2. The largest absolute Gasteiger partial charge is 0.618 e. The first-order valence-corrected chi connectivity index (χ1v) is 13.8. The predicted molar refractivity (Wildman–Crippen MR) is 142 cm³/mol. The van der Waals surface area contributed by atoms with Crippen LogP contribution in [0.2, 0.25) is 0 Å². The highest BCUT2D eigenvalue weighted by molar-refractivity contribution is 6.00. The number of anilines is 1. The summed E-state index contributed by atoms with van der Waals surface area (Å²) in [6.07, 6.45) is 9.48. The quantitative estimate of drug-likeness (QED) is 0.233. The van der Waals surface area contributed by atoms with Crippen LogP contribution in [-0.2, 0) is 11.3 Å². The van der Waals surface area contributed by atoms with Crippen molar-refractivity contribution >= 4 is 17.6 Å². The molecule has 3 fully saturated rings. The lowest BCUT2D eigenvalue weighted by Crippen LogP contribution is -2.50. The van der Waals surface area contributed by atoms with Crippen molar-refractivity contribution in [2.45, 2.75) is 65.0 Å². The number of hydrogen-bond acceptors (Lipinski definition) is 5. The minimum atomic E-state index is -0.785. The Labute approximate surface area is 226 Å². The first kappa shape index (κ1) is 25.5. The molecule has 2 amide bonds. The molecule has 3 aliphatic carbocycles. The van der Waals surface area contributed by atoms with Gasteiger partial charge in [-0.05, 0) is 93.4 Å². The molecule has 0 spiro atoms. The van der Waals surface area contributed by atoms with Crippen molar-refractivity contribution < 1.29 is 18.7 Å². The minimum absolute atomic E-state index is 0.0281. The fraction of sp³-hybridized carbons (Fsp3) is 0.483. The molecule has 0 unspecified atom stereocenters. The van der Waals surface area contributed by atoms with E-state index in [2.05, 4.69) is 20.7 Å². The van der Waals surface area contributed by atoms with Gasteiger partial charge in [0.2, 0.25) is 11.9 Å². The van der Waals surface area contributed by atoms with E-state index in [-0.39, 0.29) is 23.2 Å². The van der Waals surface area contributed by atoms with Crippen LogP contribution in [0.5, 0.6) is 0 Å².